The molecule has 1 saturated heterocycles. The molecule has 1 atom stereocenters. The minimum Gasteiger partial charge on any atom is -0.345 e. The number of rotatable bonds is 0. The Balaban J connectivity index is 2.70. The van der Waals surface area contributed by atoms with Crippen molar-refractivity contribution in [2.75, 3.05) is 13.6 Å². The van der Waals surface area contributed by atoms with Gasteiger partial charge in [0.05, 0.1) is 0 Å². The van der Waals surface area contributed by atoms with E-state index in [1.54, 1.807) is 0 Å². The summed E-state index contributed by atoms with van der Waals surface area (Å²) in [6.07, 6.45) is -4.46. The Labute approximate surface area is 62.0 Å². The molecule has 0 saturated carbocycles. The number of hydrogen-bond donors (Lipinski definition) is 0. The van der Waals surface area contributed by atoms with Gasteiger partial charge in [-0.05, 0) is 6.42 Å². The summed E-state index contributed by atoms with van der Waals surface area (Å²) in [5.41, 5.74) is 0. The van der Waals surface area contributed by atoms with E-state index in [1.165, 1.54) is 7.05 Å². The average molecular weight is 167 g/mol. The van der Waals surface area contributed by atoms with Gasteiger partial charge in [0.15, 0.2) is 0 Å². The number of likely N-dealkylation sites (tertiary alicyclic amines) is 1. The van der Waals surface area contributed by atoms with Gasteiger partial charge in [-0.25, -0.2) is 0 Å². The molecular weight excluding hydrogens is 159 g/mol. The predicted molar refractivity (Wildman–Crippen MR) is 31.8 cm³/mol. The molecule has 1 unspecified atom stereocenters. The second-order valence-electron chi connectivity index (χ2n) is 2.64. The van der Waals surface area contributed by atoms with Crippen LogP contribution < -0.4 is 0 Å². The van der Waals surface area contributed by atoms with Gasteiger partial charge < -0.3 is 4.90 Å². The molecule has 1 aliphatic rings. The molecule has 0 spiro atoms. The minimum absolute atomic E-state index is 0.0984. The molecule has 0 N–H and O–H groups in total. The molecule has 0 aromatic heterocycles. The van der Waals surface area contributed by atoms with E-state index in [0.717, 1.165) is 4.90 Å². The van der Waals surface area contributed by atoms with Crippen LogP contribution in [0.1, 0.15) is 6.42 Å². The molecule has 1 rings (SSSR count). The highest BCUT2D eigenvalue weighted by Crippen LogP contribution is 2.33. The lowest BCUT2D eigenvalue weighted by Crippen LogP contribution is -2.31. The summed E-state index contributed by atoms with van der Waals surface area (Å²) in [6, 6.07) is 0. The normalized spacial score (nSPS) is 26.4. The van der Waals surface area contributed by atoms with E-state index in [4.69, 9.17) is 0 Å². The van der Waals surface area contributed by atoms with Crippen molar-refractivity contribution in [2.45, 2.75) is 12.6 Å². The van der Waals surface area contributed by atoms with Crippen LogP contribution in [0.15, 0.2) is 0 Å². The molecule has 0 aromatic rings. The van der Waals surface area contributed by atoms with Gasteiger partial charge >= 0.3 is 6.18 Å². The minimum atomic E-state index is -4.36. The van der Waals surface area contributed by atoms with E-state index in [-0.39, 0.29) is 13.0 Å². The smallest absolute Gasteiger partial charge is 0.345 e. The van der Waals surface area contributed by atoms with E-state index in [2.05, 4.69) is 0 Å². The second-order valence-corrected chi connectivity index (χ2v) is 2.64. The fourth-order valence-electron chi connectivity index (χ4n) is 1.13. The van der Waals surface area contributed by atoms with E-state index in [1.807, 2.05) is 0 Å². The predicted octanol–water partition coefficient (Wildman–Crippen LogP) is 1.03. The molecule has 1 aliphatic heterocycles. The zero-order chi connectivity index (χ0) is 8.65. The summed E-state index contributed by atoms with van der Waals surface area (Å²) >= 11 is 0. The van der Waals surface area contributed by atoms with Gasteiger partial charge in [-0.3, -0.25) is 4.79 Å². The zero-order valence-electron chi connectivity index (χ0n) is 5.98. The Morgan fingerprint density at radius 3 is 2.27 bits per heavy atom. The molecule has 0 bridgehead atoms. The van der Waals surface area contributed by atoms with Gasteiger partial charge in [-0.2, -0.15) is 13.2 Å². The molecule has 64 valence electrons. The highest BCUT2D eigenvalue weighted by atomic mass is 19.4. The van der Waals surface area contributed by atoms with Crippen molar-refractivity contribution in [2.24, 2.45) is 5.92 Å². The third-order valence-corrected chi connectivity index (χ3v) is 1.82. The summed E-state index contributed by atoms with van der Waals surface area (Å²) in [6.45, 7) is 0.211. The van der Waals surface area contributed by atoms with E-state index < -0.39 is 18.0 Å². The quantitative estimate of drug-likeness (QED) is 0.527. The van der Waals surface area contributed by atoms with Crippen molar-refractivity contribution in [1.29, 1.82) is 0 Å². The summed E-state index contributed by atoms with van der Waals surface area (Å²) in [5.74, 6) is -2.56. The van der Waals surface area contributed by atoms with Gasteiger partial charge in [0, 0.05) is 13.6 Å². The molecule has 1 fully saturated rings. The first-order valence-corrected chi connectivity index (χ1v) is 3.24. The number of amides is 1. The molecule has 0 aliphatic carbocycles. The Bertz CT molecular complexity index is 177. The molecule has 1 heterocycles. The monoisotopic (exact) mass is 167 g/mol. The average Bonchev–Trinajstić information content (AvgIpc) is 2.11. The maximum absolute atomic E-state index is 11.9. The number of nitrogens with zero attached hydrogens (tertiary/aromatic N) is 1. The van der Waals surface area contributed by atoms with E-state index >= 15 is 0 Å². The van der Waals surface area contributed by atoms with Crippen molar-refractivity contribution < 1.29 is 18.0 Å². The fraction of sp³-hybridized carbons (Fsp3) is 0.833. The van der Waals surface area contributed by atoms with Crippen LogP contribution in [0.25, 0.3) is 0 Å². The second kappa shape index (κ2) is 2.39. The summed E-state index contributed by atoms with van der Waals surface area (Å²) < 4.78 is 35.8. The first-order valence-electron chi connectivity index (χ1n) is 3.24. The van der Waals surface area contributed by atoms with Crippen LogP contribution in [-0.4, -0.2) is 30.6 Å². The summed E-state index contributed by atoms with van der Waals surface area (Å²) in [7, 11) is 1.38. The molecule has 5 heteroatoms. The first-order chi connectivity index (χ1) is 4.93. The van der Waals surface area contributed by atoms with Crippen molar-refractivity contribution in [3.05, 3.63) is 0 Å². The van der Waals surface area contributed by atoms with Gasteiger partial charge in [-0.1, -0.05) is 0 Å². The standard InChI is InChI=1S/C6H8F3NO/c1-10-3-2-4(5(10)11)6(7,8)9/h4H,2-3H2,1H3. The maximum atomic E-state index is 11.9. The molecule has 11 heavy (non-hydrogen) atoms. The highest BCUT2D eigenvalue weighted by Gasteiger charge is 2.48. The van der Waals surface area contributed by atoms with Crippen LogP contribution in [0.5, 0.6) is 0 Å². The molecular formula is C6H8F3NO. The topological polar surface area (TPSA) is 20.3 Å². The molecule has 2 nitrogen and oxygen atoms in total. The van der Waals surface area contributed by atoms with E-state index in [9.17, 15) is 18.0 Å². The zero-order valence-corrected chi connectivity index (χ0v) is 5.98. The van der Waals surface area contributed by atoms with Crippen molar-refractivity contribution in [3.8, 4) is 0 Å². The Morgan fingerprint density at radius 2 is 2.09 bits per heavy atom. The lowest BCUT2D eigenvalue weighted by atomic mass is 10.1. The van der Waals surface area contributed by atoms with Gasteiger partial charge in [0.2, 0.25) is 5.91 Å². The van der Waals surface area contributed by atoms with Gasteiger partial charge in [0.25, 0.3) is 0 Å². The van der Waals surface area contributed by atoms with Gasteiger partial charge in [-0.15, -0.1) is 0 Å². The number of alkyl halides is 3. The maximum Gasteiger partial charge on any atom is 0.400 e. The Hall–Kier alpha value is -0.740. The highest BCUT2D eigenvalue weighted by molar-refractivity contribution is 5.81. The number of halogens is 3. The lowest BCUT2D eigenvalue weighted by Gasteiger charge is -2.12. The Kier molecular flexibility index (Phi) is 1.82. The first kappa shape index (κ1) is 8.36. The SMILES string of the molecule is CN1CCC(C(F)(F)F)C1=O. The lowest BCUT2D eigenvalue weighted by molar-refractivity contribution is -0.180. The Morgan fingerprint density at radius 1 is 1.55 bits per heavy atom. The largest absolute Gasteiger partial charge is 0.400 e. The fourth-order valence-corrected chi connectivity index (χ4v) is 1.13. The molecule has 0 aromatic carbocycles. The van der Waals surface area contributed by atoms with Crippen molar-refractivity contribution in [1.82, 2.24) is 4.90 Å². The number of hydrogen-bond acceptors (Lipinski definition) is 1. The number of carbonyl (C=O) groups excluding carboxylic acids is 1. The molecule has 1 amide bonds. The van der Waals surface area contributed by atoms with Crippen LogP contribution in [0, 0.1) is 5.92 Å². The van der Waals surface area contributed by atoms with E-state index in [0.29, 0.717) is 0 Å². The van der Waals surface area contributed by atoms with Crippen LogP contribution in [-0.2, 0) is 4.79 Å². The third-order valence-electron chi connectivity index (χ3n) is 1.82. The van der Waals surface area contributed by atoms with Crippen LogP contribution >= 0.6 is 0 Å². The van der Waals surface area contributed by atoms with Gasteiger partial charge in [0.1, 0.15) is 5.92 Å². The summed E-state index contributed by atoms with van der Waals surface area (Å²) in [5, 5.41) is 0. The third kappa shape index (κ3) is 1.46. The number of carbonyl (C=O) groups is 1. The van der Waals surface area contributed by atoms with Crippen LogP contribution in [0.2, 0.25) is 0 Å². The van der Waals surface area contributed by atoms with Crippen molar-refractivity contribution in [3.63, 3.8) is 0 Å². The van der Waals surface area contributed by atoms with Crippen LogP contribution in [0.4, 0.5) is 13.2 Å². The molecule has 0 radical (unpaired) electrons. The van der Waals surface area contributed by atoms with Crippen molar-refractivity contribution >= 4 is 5.91 Å². The summed E-state index contributed by atoms with van der Waals surface area (Å²) in [4.78, 5) is 11.9. The van der Waals surface area contributed by atoms with Crippen LogP contribution in [0.3, 0.4) is 0 Å².